The Hall–Kier alpha value is -1.92. The van der Waals surface area contributed by atoms with Crippen LogP contribution < -0.4 is 16.4 Å². The molecule has 20 heavy (non-hydrogen) atoms. The lowest BCUT2D eigenvalue weighted by Gasteiger charge is -2.20. The van der Waals surface area contributed by atoms with Crippen LogP contribution >= 0.6 is 0 Å². The molecule has 0 radical (unpaired) electrons. The molecule has 1 aromatic rings. The third kappa shape index (κ3) is 4.04. The van der Waals surface area contributed by atoms with E-state index in [9.17, 15) is 9.59 Å². The molecule has 1 aliphatic rings. The largest absolute Gasteiger partial charge is 0.377 e. The molecule has 0 aromatic heterocycles. The number of ether oxygens (including phenoxy) is 1. The zero-order valence-corrected chi connectivity index (χ0v) is 11.2. The van der Waals surface area contributed by atoms with E-state index in [4.69, 9.17) is 10.5 Å². The van der Waals surface area contributed by atoms with Crippen LogP contribution in [0, 0.1) is 0 Å². The summed E-state index contributed by atoms with van der Waals surface area (Å²) in [5.41, 5.74) is 5.79. The number of hydrogen-bond donors (Lipinski definition) is 3. The molecule has 0 saturated carbocycles. The van der Waals surface area contributed by atoms with E-state index < -0.39 is 18.0 Å². The highest BCUT2D eigenvalue weighted by atomic mass is 16.5. The molecule has 0 unspecified atom stereocenters. The van der Waals surface area contributed by atoms with Crippen molar-refractivity contribution in [3.8, 4) is 0 Å². The molecule has 1 aliphatic heterocycles. The normalized spacial score (nSPS) is 19.5. The summed E-state index contributed by atoms with van der Waals surface area (Å²) in [5.74, 6) is -0.457. The number of carbonyl (C=O) groups is 2. The number of hydrogen-bond acceptors (Lipinski definition) is 4. The van der Waals surface area contributed by atoms with E-state index in [2.05, 4.69) is 10.6 Å². The highest BCUT2D eigenvalue weighted by Crippen LogP contribution is 2.15. The third-order valence-electron chi connectivity index (χ3n) is 3.22. The van der Waals surface area contributed by atoms with Gasteiger partial charge in [0.05, 0.1) is 6.10 Å². The van der Waals surface area contributed by atoms with Gasteiger partial charge in [0.25, 0.3) is 0 Å². The number of rotatable bonds is 5. The number of nitrogens with two attached hydrogens (primary N) is 1. The Morgan fingerprint density at radius 3 is 2.70 bits per heavy atom. The predicted octanol–water partition coefficient (Wildman–Crippen LogP) is 0.691. The zero-order chi connectivity index (χ0) is 14.4. The molecule has 6 heteroatoms. The molecule has 0 spiro atoms. The zero-order valence-electron chi connectivity index (χ0n) is 11.2. The van der Waals surface area contributed by atoms with Gasteiger partial charge < -0.3 is 10.5 Å². The van der Waals surface area contributed by atoms with E-state index in [0.717, 1.165) is 25.0 Å². The van der Waals surface area contributed by atoms with E-state index in [0.29, 0.717) is 6.54 Å². The molecule has 2 atom stereocenters. The monoisotopic (exact) mass is 277 g/mol. The second-order valence-electron chi connectivity index (χ2n) is 4.74. The molecule has 3 amide bonds. The van der Waals surface area contributed by atoms with Crippen molar-refractivity contribution in [2.75, 3.05) is 13.2 Å². The van der Waals surface area contributed by atoms with Crippen molar-refractivity contribution in [2.24, 2.45) is 5.73 Å². The third-order valence-corrected chi connectivity index (χ3v) is 3.22. The number of benzene rings is 1. The van der Waals surface area contributed by atoms with Crippen LogP contribution in [0.2, 0.25) is 0 Å². The molecule has 108 valence electrons. The topological polar surface area (TPSA) is 93.5 Å². The average Bonchev–Trinajstić information content (AvgIpc) is 2.92. The summed E-state index contributed by atoms with van der Waals surface area (Å²) in [6, 6.07) is 7.73. The lowest BCUT2D eigenvalue weighted by molar-refractivity contribution is -0.122. The van der Waals surface area contributed by atoms with Gasteiger partial charge in [-0.3, -0.25) is 15.4 Å². The number of imide groups is 1. The summed E-state index contributed by atoms with van der Waals surface area (Å²) in [5, 5.41) is 5.25. The van der Waals surface area contributed by atoms with Gasteiger partial charge >= 0.3 is 6.03 Å². The molecule has 4 N–H and O–H groups in total. The molecule has 2 rings (SSSR count). The molecular formula is C14H19N3O3. The van der Waals surface area contributed by atoms with Crippen molar-refractivity contribution in [3.63, 3.8) is 0 Å². The van der Waals surface area contributed by atoms with Gasteiger partial charge in [0, 0.05) is 13.2 Å². The van der Waals surface area contributed by atoms with Crippen LogP contribution in [0.1, 0.15) is 24.4 Å². The van der Waals surface area contributed by atoms with Gasteiger partial charge in [0.2, 0.25) is 5.91 Å². The van der Waals surface area contributed by atoms with Crippen molar-refractivity contribution in [1.82, 2.24) is 10.6 Å². The lowest BCUT2D eigenvalue weighted by atomic mass is 10.1. The maximum atomic E-state index is 12.0. The first kappa shape index (κ1) is 14.5. The first-order valence-corrected chi connectivity index (χ1v) is 6.67. The van der Waals surface area contributed by atoms with Crippen LogP contribution in [0.4, 0.5) is 4.79 Å². The summed E-state index contributed by atoms with van der Waals surface area (Å²) in [6.45, 7) is 1.32. The minimum atomic E-state index is -0.852. The highest BCUT2D eigenvalue weighted by Gasteiger charge is 2.23. The smallest absolute Gasteiger partial charge is 0.318 e. The second kappa shape index (κ2) is 7.02. The van der Waals surface area contributed by atoms with E-state index in [1.807, 2.05) is 30.3 Å². The summed E-state index contributed by atoms with van der Waals surface area (Å²) in [7, 11) is 0. The minimum Gasteiger partial charge on any atom is -0.377 e. The van der Waals surface area contributed by atoms with Crippen LogP contribution in [0.25, 0.3) is 0 Å². The van der Waals surface area contributed by atoms with Gasteiger partial charge in [-0.1, -0.05) is 30.3 Å². The fraction of sp³-hybridized carbons (Fsp3) is 0.429. The number of amides is 3. The van der Waals surface area contributed by atoms with Crippen LogP contribution in [0.3, 0.4) is 0 Å². The van der Waals surface area contributed by atoms with Crippen LogP contribution in [-0.4, -0.2) is 31.2 Å². The maximum absolute atomic E-state index is 12.0. The maximum Gasteiger partial charge on any atom is 0.318 e. The van der Waals surface area contributed by atoms with E-state index >= 15 is 0 Å². The van der Waals surface area contributed by atoms with Crippen LogP contribution in [0.15, 0.2) is 30.3 Å². The summed E-state index contributed by atoms with van der Waals surface area (Å²) in [6.07, 6.45) is 2.13. The summed E-state index contributed by atoms with van der Waals surface area (Å²) >= 11 is 0. The van der Waals surface area contributed by atoms with Crippen molar-refractivity contribution >= 4 is 11.9 Å². The van der Waals surface area contributed by atoms with Crippen molar-refractivity contribution in [3.05, 3.63) is 35.9 Å². The van der Waals surface area contributed by atoms with Gasteiger partial charge in [-0.15, -0.1) is 0 Å². The van der Waals surface area contributed by atoms with Crippen molar-refractivity contribution < 1.29 is 14.3 Å². The molecule has 0 aliphatic carbocycles. The van der Waals surface area contributed by atoms with Gasteiger partial charge in [-0.05, 0) is 18.4 Å². The molecule has 1 aromatic carbocycles. The first-order chi connectivity index (χ1) is 9.66. The van der Waals surface area contributed by atoms with E-state index in [-0.39, 0.29) is 6.10 Å². The number of urea groups is 1. The predicted molar refractivity (Wildman–Crippen MR) is 73.9 cm³/mol. The first-order valence-electron chi connectivity index (χ1n) is 6.67. The minimum absolute atomic E-state index is 0.114. The Balaban J connectivity index is 2.03. The number of carbonyl (C=O) groups excluding carboxylic acids is 2. The number of nitrogens with one attached hydrogen (secondary N) is 2. The summed E-state index contributed by atoms with van der Waals surface area (Å²) < 4.78 is 5.51. The van der Waals surface area contributed by atoms with E-state index in [1.54, 1.807) is 0 Å². The van der Waals surface area contributed by atoms with Gasteiger partial charge in [-0.2, -0.15) is 0 Å². The Labute approximate surface area is 117 Å². The lowest BCUT2D eigenvalue weighted by Crippen LogP contribution is -2.44. The SMILES string of the molecule is NC(=O)NC(=O)[C@H](NC[C@H]1CCCO1)c1ccccc1. The Morgan fingerprint density at radius 1 is 1.35 bits per heavy atom. The number of primary amides is 1. The highest BCUT2D eigenvalue weighted by molar-refractivity contribution is 5.96. The van der Waals surface area contributed by atoms with E-state index in [1.165, 1.54) is 0 Å². The fourth-order valence-corrected chi connectivity index (χ4v) is 2.26. The fourth-order valence-electron chi connectivity index (χ4n) is 2.26. The second-order valence-corrected chi connectivity index (χ2v) is 4.74. The Kier molecular flexibility index (Phi) is 5.09. The molecule has 1 fully saturated rings. The van der Waals surface area contributed by atoms with Crippen molar-refractivity contribution in [2.45, 2.75) is 25.0 Å². The Morgan fingerprint density at radius 2 is 2.10 bits per heavy atom. The molecular weight excluding hydrogens is 258 g/mol. The van der Waals surface area contributed by atoms with Crippen molar-refractivity contribution in [1.29, 1.82) is 0 Å². The quantitative estimate of drug-likeness (QED) is 0.738. The summed E-state index contributed by atoms with van der Waals surface area (Å²) in [4.78, 5) is 22.9. The molecule has 1 heterocycles. The molecule has 1 saturated heterocycles. The molecule has 0 bridgehead atoms. The Bertz CT molecular complexity index is 458. The van der Waals surface area contributed by atoms with Gasteiger partial charge in [0.1, 0.15) is 6.04 Å². The standard InChI is InChI=1S/C14H19N3O3/c15-14(19)17-13(18)12(10-5-2-1-3-6-10)16-9-11-7-4-8-20-11/h1-3,5-6,11-12,16H,4,7-9H2,(H3,15,17,18,19)/t11-,12-/m1/s1. The van der Waals surface area contributed by atoms with Gasteiger partial charge in [-0.25, -0.2) is 4.79 Å². The van der Waals surface area contributed by atoms with Crippen LogP contribution in [0.5, 0.6) is 0 Å². The van der Waals surface area contributed by atoms with Crippen LogP contribution in [-0.2, 0) is 9.53 Å². The molecule has 6 nitrogen and oxygen atoms in total. The van der Waals surface area contributed by atoms with Gasteiger partial charge in [0.15, 0.2) is 0 Å². The average molecular weight is 277 g/mol.